The number of piperidine rings is 1. The zero-order chi connectivity index (χ0) is 28.2. The second kappa shape index (κ2) is 11.8. The van der Waals surface area contributed by atoms with Crippen molar-refractivity contribution in [2.24, 2.45) is 0 Å². The van der Waals surface area contributed by atoms with Crippen molar-refractivity contribution in [1.82, 2.24) is 4.31 Å². The molecule has 1 heterocycles. The van der Waals surface area contributed by atoms with E-state index in [4.69, 9.17) is 4.74 Å². The summed E-state index contributed by atoms with van der Waals surface area (Å²) in [6.45, 7) is 4.03. The average Bonchev–Trinajstić information content (AvgIpc) is 2.93. The van der Waals surface area contributed by atoms with Crippen LogP contribution < -0.4 is 14.4 Å². The van der Waals surface area contributed by atoms with Gasteiger partial charge in [0.15, 0.2) is 0 Å². The molecule has 1 fully saturated rings. The molecule has 0 spiro atoms. The van der Waals surface area contributed by atoms with E-state index in [9.17, 15) is 21.6 Å². The molecule has 1 amide bonds. The Kier molecular flexibility index (Phi) is 8.63. The van der Waals surface area contributed by atoms with E-state index in [1.54, 1.807) is 37.3 Å². The fraction of sp³-hybridized carbons (Fsp3) is 0.321. The number of sulfonamides is 2. The van der Waals surface area contributed by atoms with Crippen LogP contribution in [0.2, 0.25) is 0 Å². The van der Waals surface area contributed by atoms with Crippen molar-refractivity contribution < 1.29 is 26.4 Å². The number of rotatable bonds is 9. The molecular weight excluding hydrogens is 538 g/mol. The number of carbonyl (C=O) groups is 1. The molecule has 11 heteroatoms. The van der Waals surface area contributed by atoms with Crippen molar-refractivity contribution >= 4 is 37.3 Å². The Morgan fingerprint density at radius 2 is 1.59 bits per heavy atom. The van der Waals surface area contributed by atoms with Gasteiger partial charge in [-0.15, -0.1) is 0 Å². The molecule has 3 aromatic carbocycles. The van der Waals surface area contributed by atoms with Gasteiger partial charge in [0.2, 0.25) is 15.9 Å². The van der Waals surface area contributed by atoms with Crippen LogP contribution in [0.1, 0.15) is 30.4 Å². The van der Waals surface area contributed by atoms with Gasteiger partial charge in [0.05, 0.1) is 28.3 Å². The monoisotopic (exact) mass is 571 g/mol. The molecule has 1 saturated heterocycles. The molecule has 0 unspecified atom stereocenters. The minimum Gasteiger partial charge on any atom is -0.495 e. The fourth-order valence-electron chi connectivity index (χ4n) is 4.62. The van der Waals surface area contributed by atoms with Crippen LogP contribution in [0.15, 0.2) is 76.5 Å². The Labute approximate surface area is 230 Å². The lowest BCUT2D eigenvalue weighted by molar-refractivity contribution is -0.114. The molecule has 3 aromatic rings. The van der Waals surface area contributed by atoms with Crippen LogP contribution in [0.5, 0.6) is 5.75 Å². The first-order valence-corrected chi connectivity index (χ1v) is 15.5. The second-order valence-corrected chi connectivity index (χ2v) is 13.3. The minimum absolute atomic E-state index is 0.0312. The third-order valence-corrected chi connectivity index (χ3v) is 10.3. The quantitative estimate of drug-likeness (QED) is 0.409. The first kappa shape index (κ1) is 28.6. The smallest absolute Gasteiger partial charge is 0.264 e. The van der Waals surface area contributed by atoms with Crippen LogP contribution in [0.4, 0.5) is 11.4 Å². The number of methoxy groups -OCH3 is 1. The maximum atomic E-state index is 13.7. The van der Waals surface area contributed by atoms with Gasteiger partial charge < -0.3 is 10.1 Å². The number of benzene rings is 3. The van der Waals surface area contributed by atoms with Crippen LogP contribution >= 0.6 is 0 Å². The number of nitrogens with zero attached hydrogens (tertiary/aromatic N) is 2. The Hall–Kier alpha value is -3.41. The van der Waals surface area contributed by atoms with Crippen LogP contribution in [0.3, 0.4) is 0 Å². The molecule has 0 aliphatic carbocycles. The topological polar surface area (TPSA) is 113 Å². The Morgan fingerprint density at radius 3 is 2.23 bits per heavy atom. The third kappa shape index (κ3) is 6.26. The molecule has 39 heavy (non-hydrogen) atoms. The third-order valence-electron chi connectivity index (χ3n) is 6.64. The van der Waals surface area contributed by atoms with Crippen LogP contribution in [0, 0.1) is 13.8 Å². The van der Waals surface area contributed by atoms with Gasteiger partial charge in [-0.1, -0.05) is 42.3 Å². The summed E-state index contributed by atoms with van der Waals surface area (Å²) in [5.74, 6) is -0.398. The summed E-state index contributed by atoms with van der Waals surface area (Å²) in [6.07, 6.45) is 2.57. The predicted molar refractivity (Wildman–Crippen MR) is 151 cm³/mol. The number of hydrogen-bond acceptors (Lipinski definition) is 6. The lowest BCUT2D eigenvalue weighted by Crippen LogP contribution is -2.38. The van der Waals surface area contributed by atoms with E-state index >= 15 is 0 Å². The highest BCUT2D eigenvalue weighted by atomic mass is 32.2. The molecule has 208 valence electrons. The van der Waals surface area contributed by atoms with Crippen molar-refractivity contribution in [2.75, 3.05) is 36.4 Å². The Balaban J connectivity index is 1.67. The summed E-state index contributed by atoms with van der Waals surface area (Å²) in [5.41, 5.74) is 2.15. The molecule has 0 bridgehead atoms. The standard InChI is InChI=1S/C28H33N3O6S2/c1-21-12-14-26(22(2)18-21)31(39(35,36)23-10-6-4-7-11-23)20-28(32)29-25-19-24(13-15-27(25)37-3)38(33,34)30-16-8-5-9-17-30/h4,6-7,10-15,18-19H,5,8-9,16-17,20H2,1-3H3,(H,29,32). The summed E-state index contributed by atoms with van der Waals surface area (Å²) in [6, 6.07) is 17.5. The Morgan fingerprint density at radius 1 is 0.897 bits per heavy atom. The first-order chi connectivity index (χ1) is 18.5. The van der Waals surface area contributed by atoms with Gasteiger partial charge >= 0.3 is 0 Å². The van der Waals surface area contributed by atoms with Gasteiger partial charge in [0.25, 0.3) is 10.0 Å². The first-order valence-electron chi connectivity index (χ1n) is 12.7. The minimum atomic E-state index is -4.10. The molecule has 1 aliphatic rings. The highest BCUT2D eigenvalue weighted by molar-refractivity contribution is 7.92. The molecule has 0 atom stereocenters. The number of aryl methyl sites for hydroxylation is 2. The molecule has 0 saturated carbocycles. The van der Waals surface area contributed by atoms with E-state index < -0.39 is 32.5 Å². The van der Waals surface area contributed by atoms with Crippen LogP contribution in [-0.4, -0.2) is 53.8 Å². The van der Waals surface area contributed by atoms with Crippen LogP contribution in [-0.2, 0) is 24.8 Å². The van der Waals surface area contributed by atoms with E-state index in [-0.39, 0.29) is 21.2 Å². The second-order valence-electron chi connectivity index (χ2n) is 9.49. The molecular formula is C28H33N3O6S2. The van der Waals surface area contributed by atoms with Gasteiger partial charge in [-0.2, -0.15) is 4.31 Å². The molecule has 0 aromatic heterocycles. The number of anilines is 2. The lowest BCUT2D eigenvalue weighted by Gasteiger charge is -2.27. The van der Waals surface area contributed by atoms with Crippen molar-refractivity contribution in [3.8, 4) is 5.75 Å². The SMILES string of the molecule is COc1ccc(S(=O)(=O)N2CCCCC2)cc1NC(=O)CN(c1ccc(C)cc1C)S(=O)(=O)c1ccccc1. The number of carbonyl (C=O) groups excluding carboxylic acids is 1. The maximum Gasteiger partial charge on any atom is 0.264 e. The molecule has 9 nitrogen and oxygen atoms in total. The van der Waals surface area contributed by atoms with E-state index in [1.807, 2.05) is 13.0 Å². The summed E-state index contributed by atoms with van der Waals surface area (Å²) >= 11 is 0. The van der Waals surface area contributed by atoms with Crippen molar-refractivity contribution in [3.63, 3.8) is 0 Å². The summed E-state index contributed by atoms with van der Waals surface area (Å²) in [4.78, 5) is 13.4. The molecule has 0 radical (unpaired) electrons. The Bertz CT molecular complexity index is 1550. The normalized spacial score (nSPS) is 14.5. The van der Waals surface area contributed by atoms with Gasteiger partial charge in [0.1, 0.15) is 12.3 Å². The van der Waals surface area contributed by atoms with Gasteiger partial charge in [0, 0.05) is 13.1 Å². The molecule has 1 aliphatic heterocycles. The number of hydrogen-bond donors (Lipinski definition) is 1. The van der Waals surface area contributed by atoms with Gasteiger partial charge in [-0.05, 0) is 68.7 Å². The largest absolute Gasteiger partial charge is 0.495 e. The lowest BCUT2D eigenvalue weighted by atomic mass is 10.1. The van der Waals surface area contributed by atoms with Crippen LogP contribution in [0.25, 0.3) is 0 Å². The number of nitrogens with one attached hydrogen (secondary N) is 1. The van der Waals surface area contributed by atoms with Gasteiger partial charge in [-0.3, -0.25) is 9.10 Å². The highest BCUT2D eigenvalue weighted by Gasteiger charge is 2.30. The van der Waals surface area contributed by atoms with Crippen molar-refractivity contribution in [2.45, 2.75) is 42.9 Å². The molecule has 1 N–H and O–H groups in total. The maximum absolute atomic E-state index is 13.7. The van der Waals surface area contributed by atoms with Crippen molar-refractivity contribution in [3.05, 3.63) is 77.9 Å². The number of amides is 1. The summed E-state index contributed by atoms with van der Waals surface area (Å²) < 4.78 is 61.7. The molecule has 4 rings (SSSR count). The highest BCUT2D eigenvalue weighted by Crippen LogP contribution is 2.31. The average molecular weight is 572 g/mol. The van der Waals surface area contributed by atoms with Gasteiger partial charge in [-0.25, -0.2) is 16.8 Å². The van der Waals surface area contributed by atoms with Crippen molar-refractivity contribution in [1.29, 1.82) is 0 Å². The zero-order valence-corrected chi connectivity index (χ0v) is 23.9. The fourth-order valence-corrected chi connectivity index (χ4v) is 7.67. The van der Waals surface area contributed by atoms with E-state index in [1.165, 1.54) is 41.7 Å². The summed E-state index contributed by atoms with van der Waals surface area (Å²) in [5, 5.41) is 2.68. The van der Waals surface area contributed by atoms with E-state index in [0.717, 1.165) is 29.1 Å². The van der Waals surface area contributed by atoms with E-state index in [2.05, 4.69) is 5.32 Å². The van der Waals surface area contributed by atoms with E-state index in [0.29, 0.717) is 24.3 Å². The predicted octanol–water partition coefficient (Wildman–Crippen LogP) is 4.32. The zero-order valence-electron chi connectivity index (χ0n) is 22.3. The number of ether oxygens (including phenoxy) is 1. The summed E-state index contributed by atoms with van der Waals surface area (Å²) in [7, 11) is -6.45.